The molecule has 2 atom stereocenters. The van der Waals surface area contributed by atoms with Crippen LogP contribution in [-0.4, -0.2) is 25.3 Å². The van der Waals surface area contributed by atoms with Crippen LogP contribution in [0.15, 0.2) is 0 Å². The average molecular weight is 157 g/mol. The summed E-state index contributed by atoms with van der Waals surface area (Å²) in [6.07, 6.45) is 2.06. The lowest BCUT2D eigenvalue weighted by atomic mass is 10.0. The van der Waals surface area contributed by atoms with Crippen molar-refractivity contribution in [1.82, 2.24) is 5.32 Å². The van der Waals surface area contributed by atoms with E-state index in [-0.39, 0.29) is 0 Å². The van der Waals surface area contributed by atoms with Gasteiger partial charge in [-0.3, -0.25) is 0 Å². The Morgan fingerprint density at radius 1 is 1.36 bits per heavy atom. The van der Waals surface area contributed by atoms with Gasteiger partial charge in [-0.05, 0) is 39.7 Å². The summed E-state index contributed by atoms with van der Waals surface area (Å²) in [5.74, 6) is 0.734. The highest BCUT2D eigenvalue weighted by molar-refractivity contribution is 4.76. The highest BCUT2D eigenvalue weighted by atomic mass is 16.5. The predicted octanol–water partition coefficient (Wildman–Crippen LogP) is 1.41. The molecule has 1 rings (SSSR count). The molecule has 0 aromatic carbocycles. The Morgan fingerprint density at radius 3 is 2.55 bits per heavy atom. The maximum Gasteiger partial charge on any atom is 0.0591 e. The lowest BCUT2D eigenvalue weighted by Gasteiger charge is -2.21. The Bertz CT molecular complexity index is 108. The molecule has 1 N–H and O–H groups in total. The van der Waals surface area contributed by atoms with E-state index in [1.807, 2.05) is 0 Å². The Morgan fingerprint density at radius 2 is 2.09 bits per heavy atom. The highest BCUT2D eigenvalue weighted by Crippen LogP contribution is 2.16. The summed E-state index contributed by atoms with van der Waals surface area (Å²) in [5.41, 5.74) is 0. The number of hydrogen-bond acceptors (Lipinski definition) is 2. The molecule has 2 nitrogen and oxygen atoms in total. The molecule has 0 saturated carbocycles. The van der Waals surface area contributed by atoms with Gasteiger partial charge >= 0.3 is 0 Å². The number of hydrogen-bond donors (Lipinski definition) is 1. The van der Waals surface area contributed by atoms with Crippen LogP contribution >= 0.6 is 0 Å². The zero-order chi connectivity index (χ0) is 8.27. The minimum absolute atomic E-state index is 0.366. The zero-order valence-electron chi connectivity index (χ0n) is 7.76. The Labute approximate surface area is 69.3 Å². The summed E-state index contributed by atoms with van der Waals surface area (Å²) in [6, 6.07) is 0. The van der Waals surface area contributed by atoms with E-state index >= 15 is 0 Å². The number of rotatable bonds is 3. The molecule has 0 aliphatic carbocycles. The van der Waals surface area contributed by atoms with Crippen LogP contribution in [0, 0.1) is 5.92 Å². The lowest BCUT2D eigenvalue weighted by molar-refractivity contribution is -0.0102. The highest BCUT2D eigenvalue weighted by Gasteiger charge is 2.22. The topological polar surface area (TPSA) is 21.3 Å². The van der Waals surface area contributed by atoms with Gasteiger partial charge in [0.15, 0.2) is 0 Å². The fourth-order valence-corrected chi connectivity index (χ4v) is 1.62. The molecule has 2 heteroatoms. The Kier molecular flexibility index (Phi) is 3.34. The van der Waals surface area contributed by atoms with E-state index in [9.17, 15) is 0 Å². The van der Waals surface area contributed by atoms with Gasteiger partial charge in [-0.2, -0.15) is 0 Å². The van der Waals surface area contributed by atoms with E-state index in [1.54, 1.807) is 0 Å². The van der Waals surface area contributed by atoms with E-state index in [4.69, 9.17) is 4.74 Å². The van der Waals surface area contributed by atoms with Crippen LogP contribution < -0.4 is 5.32 Å². The fourth-order valence-electron chi connectivity index (χ4n) is 1.62. The van der Waals surface area contributed by atoms with Gasteiger partial charge in [0.1, 0.15) is 0 Å². The average Bonchev–Trinajstić information content (AvgIpc) is 2.35. The largest absolute Gasteiger partial charge is 0.376 e. The Balaban J connectivity index is 2.22. The molecular weight excluding hydrogens is 138 g/mol. The molecule has 2 unspecified atom stereocenters. The molecule has 11 heavy (non-hydrogen) atoms. The maximum absolute atomic E-state index is 5.69. The molecule has 0 spiro atoms. The van der Waals surface area contributed by atoms with Crippen LogP contribution in [0.5, 0.6) is 0 Å². The molecule has 1 fully saturated rings. The van der Waals surface area contributed by atoms with E-state index in [2.05, 4.69) is 26.1 Å². The first kappa shape index (κ1) is 9.01. The van der Waals surface area contributed by atoms with Crippen molar-refractivity contribution in [2.45, 2.75) is 39.4 Å². The molecule has 1 saturated heterocycles. The molecule has 0 aromatic rings. The summed E-state index contributed by atoms with van der Waals surface area (Å²) in [5, 5.41) is 3.35. The minimum Gasteiger partial charge on any atom is -0.376 e. The second kappa shape index (κ2) is 4.07. The molecule has 0 aromatic heterocycles. The quantitative estimate of drug-likeness (QED) is 0.669. The molecule has 0 amide bonds. The van der Waals surface area contributed by atoms with E-state index in [0.29, 0.717) is 12.2 Å². The standard InChI is InChI=1S/C9H19NO/c1-7(2)11-8(3)9-4-5-10-6-9/h7-10H,4-6H2,1-3H3. The first-order valence-electron chi connectivity index (χ1n) is 4.56. The molecule has 1 heterocycles. The molecular formula is C9H19NO. The maximum atomic E-state index is 5.69. The van der Waals surface area contributed by atoms with Gasteiger partial charge in [-0.1, -0.05) is 0 Å². The van der Waals surface area contributed by atoms with Crippen LogP contribution in [0.3, 0.4) is 0 Å². The van der Waals surface area contributed by atoms with Gasteiger partial charge in [0.25, 0.3) is 0 Å². The van der Waals surface area contributed by atoms with Crippen LogP contribution in [-0.2, 0) is 4.74 Å². The molecule has 1 aliphatic rings. The van der Waals surface area contributed by atoms with Crippen molar-refractivity contribution in [3.8, 4) is 0 Å². The van der Waals surface area contributed by atoms with E-state index in [0.717, 1.165) is 19.0 Å². The number of nitrogens with one attached hydrogen (secondary N) is 1. The molecule has 1 aliphatic heterocycles. The van der Waals surface area contributed by atoms with Gasteiger partial charge in [0.05, 0.1) is 12.2 Å². The summed E-state index contributed by atoms with van der Waals surface area (Å²) in [6.45, 7) is 8.67. The van der Waals surface area contributed by atoms with Gasteiger partial charge in [0, 0.05) is 6.54 Å². The fraction of sp³-hybridized carbons (Fsp3) is 1.00. The number of ether oxygens (including phenoxy) is 1. The van der Waals surface area contributed by atoms with Crippen molar-refractivity contribution in [1.29, 1.82) is 0 Å². The summed E-state index contributed by atoms with van der Waals surface area (Å²) in [4.78, 5) is 0. The van der Waals surface area contributed by atoms with E-state index in [1.165, 1.54) is 6.42 Å². The molecule has 0 bridgehead atoms. The van der Waals surface area contributed by atoms with Crippen LogP contribution in [0.2, 0.25) is 0 Å². The van der Waals surface area contributed by atoms with Crippen LogP contribution in [0.25, 0.3) is 0 Å². The van der Waals surface area contributed by atoms with Crippen molar-refractivity contribution in [2.75, 3.05) is 13.1 Å². The van der Waals surface area contributed by atoms with Gasteiger partial charge in [0.2, 0.25) is 0 Å². The first-order valence-corrected chi connectivity index (χ1v) is 4.56. The predicted molar refractivity (Wildman–Crippen MR) is 46.7 cm³/mol. The van der Waals surface area contributed by atoms with Gasteiger partial charge in [-0.25, -0.2) is 0 Å². The smallest absolute Gasteiger partial charge is 0.0591 e. The second-order valence-corrected chi connectivity index (χ2v) is 3.64. The third-order valence-corrected chi connectivity index (χ3v) is 2.25. The van der Waals surface area contributed by atoms with Crippen molar-refractivity contribution >= 4 is 0 Å². The van der Waals surface area contributed by atoms with Gasteiger partial charge < -0.3 is 10.1 Å². The van der Waals surface area contributed by atoms with Crippen LogP contribution in [0.1, 0.15) is 27.2 Å². The van der Waals surface area contributed by atoms with Crippen molar-refractivity contribution in [3.63, 3.8) is 0 Å². The molecule has 66 valence electrons. The SMILES string of the molecule is CC(C)OC(C)C1CCNC1. The van der Waals surface area contributed by atoms with Crippen molar-refractivity contribution in [3.05, 3.63) is 0 Å². The summed E-state index contributed by atoms with van der Waals surface area (Å²) in [7, 11) is 0. The zero-order valence-corrected chi connectivity index (χ0v) is 7.76. The van der Waals surface area contributed by atoms with Gasteiger partial charge in [-0.15, -0.1) is 0 Å². The second-order valence-electron chi connectivity index (χ2n) is 3.64. The first-order chi connectivity index (χ1) is 5.20. The summed E-state index contributed by atoms with van der Waals surface area (Å²) < 4.78 is 5.69. The third kappa shape index (κ3) is 2.80. The Hall–Kier alpha value is -0.0800. The normalized spacial score (nSPS) is 27.8. The van der Waals surface area contributed by atoms with Crippen molar-refractivity contribution < 1.29 is 4.74 Å². The molecule has 0 radical (unpaired) electrons. The summed E-state index contributed by atoms with van der Waals surface area (Å²) >= 11 is 0. The lowest BCUT2D eigenvalue weighted by Crippen LogP contribution is -2.25. The monoisotopic (exact) mass is 157 g/mol. The van der Waals surface area contributed by atoms with Crippen LogP contribution in [0.4, 0.5) is 0 Å². The third-order valence-electron chi connectivity index (χ3n) is 2.25. The van der Waals surface area contributed by atoms with Crippen molar-refractivity contribution in [2.24, 2.45) is 5.92 Å². The van der Waals surface area contributed by atoms with E-state index < -0.39 is 0 Å². The minimum atomic E-state index is 0.366.